The molecule has 0 aliphatic heterocycles. The molecule has 0 atom stereocenters. The highest BCUT2D eigenvalue weighted by atomic mass is 32.1. The number of anilines is 3. The summed E-state index contributed by atoms with van der Waals surface area (Å²) in [5.74, 6) is 0. The standard InChI is InChI=1S/C68H43NOS/c1-3-21-52-45(15-1)17-12-27-55(52)49-20-11-19-48(43-49)44-33-37-50(38-34-44)69(62-42-41-59(57-28-13-18-46-16-2-4-22-53(46)57)68-67(62)61-26-8-10-32-65(61)71-68)51-39-35-47(36-40-51)54-23-5-6-24-56(54)58-29-14-31-64-66(58)60-25-7-9-30-63(60)70-64/h1-43H. The van der Waals surface area contributed by atoms with Crippen molar-refractivity contribution in [2.24, 2.45) is 0 Å². The highest BCUT2D eigenvalue weighted by molar-refractivity contribution is 7.26. The van der Waals surface area contributed by atoms with E-state index in [0.29, 0.717) is 0 Å². The van der Waals surface area contributed by atoms with Gasteiger partial charge in [0.15, 0.2) is 0 Å². The van der Waals surface area contributed by atoms with Crippen molar-refractivity contribution >= 4 is 92.1 Å². The molecular formula is C68H43NOS. The Balaban J connectivity index is 0.927. The van der Waals surface area contributed by atoms with Crippen LogP contribution in [0.2, 0.25) is 0 Å². The van der Waals surface area contributed by atoms with Crippen molar-refractivity contribution in [1.82, 2.24) is 0 Å². The normalized spacial score (nSPS) is 11.7. The first-order valence-corrected chi connectivity index (χ1v) is 25.0. The molecule has 0 saturated carbocycles. The molecule has 2 aromatic heterocycles. The highest BCUT2D eigenvalue weighted by Crippen LogP contribution is 2.50. The van der Waals surface area contributed by atoms with E-state index in [1.54, 1.807) is 0 Å². The molecule has 0 N–H and O–H groups in total. The molecule has 0 aliphatic carbocycles. The lowest BCUT2D eigenvalue weighted by Gasteiger charge is -2.27. The van der Waals surface area contributed by atoms with Gasteiger partial charge in [0.1, 0.15) is 11.2 Å². The Morgan fingerprint density at radius 3 is 1.61 bits per heavy atom. The van der Waals surface area contributed by atoms with Crippen LogP contribution in [-0.4, -0.2) is 0 Å². The second-order valence-corrected chi connectivity index (χ2v) is 19.4. The van der Waals surface area contributed by atoms with E-state index in [2.05, 4.69) is 260 Å². The molecule has 0 fully saturated rings. The van der Waals surface area contributed by atoms with Gasteiger partial charge in [-0.1, -0.05) is 206 Å². The number of benzene rings is 12. The minimum atomic E-state index is 0.895. The second kappa shape index (κ2) is 16.9. The first-order chi connectivity index (χ1) is 35.2. The summed E-state index contributed by atoms with van der Waals surface area (Å²) in [6, 6.07) is 95.0. The summed E-state index contributed by atoms with van der Waals surface area (Å²) in [6.07, 6.45) is 0. The van der Waals surface area contributed by atoms with Gasteiger partial charge in [-0.15, -0.1) is 11.3 Å². The van der Waals surface area contributed by atoms with E-state index in [0.717, 1.165) is 50.1 Å². The monoisotopic (exact) mass is 921 g/mol. The van der Waals surface area contributed by atoms with Crippen molar-refractivity contribution in [1.29, 1.82) is 0 Å². The zero-order chi connectivity index (χ0) is 46.8. The third-order valence-electron chi connectivity index (χ3n) is 14.3. The van der Waals surface area contributed by atoms with Gasteiger partial charge in [-0.2, -0.15) is 0 Å². The third-order valence-corrected chi connectivity index (χ3v) is 15.5. The van der Waals surface area contributed by atoms with E-state index < -0.39 is 0 Å². The fourth-order valence-electron chi connectivity index (χ4n) is 11.0. The van der Waals surface area contributed by atoms with Gasteiger partial charge < -0.3 is 9.32 Å². The summed E-state index contributed by atoms with van der Waals surface area (Å²) in [7, 11) is 0. The number of hydrogen-bond acceptors (Lipinski definition) is 3. The Hall–Kier alpha value is -9.02. The molecule has 2 heterocycles. The fraction of sp³-hybridized carbons (Fsp3) is 0. The van der Waals surface area contributed by atoms with E-state index in [1.807, 2.05) is 17.4 Å². The minimum Gasteiger partial charge on any atom is -0.456 e. The van der Waals surface area contributed by atoms with E-state index in [4.69, 9.17) is 4.42 Å². The summed E-state index contributed by atoms with van der Waals surface area (Å²) in [6.45, 7) is 0. The molecule has 0 saturated heterocycles. The van der Waals surface area contributed by atoms with Crippen LogP contribution in [0.15, 0.2) is 265 Å². The number of thiophene rings is 1. The van der Waals surface area contributed by atoms with Crippen LogP contribution in [0.3, 0.4) is 0 Å². The van der Waals surface area contributed by atoms with Gasteiger partial charge in [0.2, 0.25) is 0 Å². The number of para-hydroxylation sites is 1. The van der Waals surface area contributed by atoms with Gasteiger partial charge in [-0.3, -0.25) is 0 Å². The third kappa shape index (κ3) is 6.93. The Morgan fingerprint density at radius 1 is 0.296 bits per heavy atom. The Morgan fingerprint density at radius 2 is 0.831 bits per heavy atom. The molecule has 0 bridgehead atoms. The molecule has 3 heteroatoms. The lowest BCUT2D eigenvalue weighted by molar-refractivity contribution is 0.669. The van der Waals surface area contributed by atoms with E-state index in [-0.39, 0.29) is 0 Å². The minimum absolute atomic E-state index is 0.895. The van der Waals surface area contributed by atoms with Gasteiger partial charge in [0.25, 0.3) is 0 Å². The van der Waals surface area contributed by atoms with Crippen LogP contribution < -0.4 is 4.90 Å². The van der Waals surface area contributed by atoms with Crippen LogP contribution in [0, 0.1) is 0 Å². The molecule has 0 radical (unpaired) electrons. The van der Waals surface area contributed by atoms with Gasteiger partial charge in [0, 0.05) is 47.9 Å². The summed E-state index contributed by atoms with van der Waals surface area (Å²) in [4.78, 5) is 2.46. The predicted molar refractivity (Wildman–Crippen MR) is 303 cm³/mol. The van der Waals surface area contributed by atoms with Crippen molar-refractivity contribution in [3.8, 4) is 55.6 Å². The SMILES string of the molecule is c1cc(-c2ccc(N(c3ccc(-c4ccccc4-c4cccc5oc6ccccc6c45)cc3)c3ccc(-c4cccc5ccccc45)c4sc5ccccc5c34)cc2)cc(-c2cccc3ccccc23)c1. The Bertz CT molecular complexity index is 4340. The number of rotatable bonds is 8. The van der Waals surface area contributed by atoms with E-state index in [9.17, 15) is 0 Å². The number of fused-ring (bicyclic) bond motifs is 8. The number of furan rings is 1. The smallest absolute Gasteiger partial charge is 0.136 e. The maximum Gasteiger partial charge on any atom is 0.136 e. The second-order valence-electron chi connectivity index (χ2n) is 18.3. The van der Waals surface area contributed by atoms with Crippen LogP contribution >= 0.6 is 11.3 Å². The average molecular weight is 922 g/mol. The number of hydrogen-bond donors (Lipinski definition) is 0. The zero-order valence-electron chi connectivity index (χ0n) is 38.6. The summed E-state index contributed by atoms with van der Waals surface area (Å²) < 4.78 is 8.90. The molecule has 332 valence electrons. The van der Waals surface area contributed by atoms with Crippen molar-refractivity contribution in [2.75, 3.05) is 4.90 Å². The molecule has 14 aromatic rings. The molecule has 12 aromatic carbocycles. The highest BCUT2D eigenvalue weighted by Gasteiger charge is 2.23. The van der Waals surface area contributed by atoms with Crippen molar-refractivity contribution < 1.29 is 4.42 Å². The Kier molecular flexibility index (Phi) is 9.75. The first kappa shape index (κ1) is 41.0. The van der Waals surface area contributed by atoms with Crippen molar-refractivity contribution in [3.05, 3.63) is 261 Å². The van der Waals surface area contributed by atoms with Crippen LogP contribution in [0.5, 0.6) is 0 Å². The topological polar surface area (TPSA) is 16.4 Å². The van der Waals surface area contributed by atoms with Crippen molar-refractivity contribution in [2.45, 2.75) is 0 Å². The molecule has 0 amide bonds. The molecule has 71 heavy (non-hydrogen) atoms. The lowest BCUT2D eigenvalue weighted by Crippen LogP contribution is -2.10. The average Bonchev–Trinajstić information content (AvgIpc) is 4.03. The van der Waals surface area contributed by atoms with Crippen LogP contribution in [0.1, 0.15) is 0 Å². The largest absolute Gasteiger partial charge is 0.456 e. The maximum absolute atomic E-state index is 6.35. The zero-order valence-corrected chi connectivity index (χ0v) is 39.4. The van der Waals surface area contributed by atoms with E-state index >= 15 is 0 Å². The number of nitrogens with zero attached hydrogens (tertiary/aromatic N) is 1. The lowest BCUT2D eigenvalue weighted by atomic mass is 9.92. The van der Waals surface area contributed by atoms with Gasteiger partial charge in [-0.25, -0.2) is 0 Å². The molecule has 14 rings (SSSR count). The maximum atomic E-state index is 6.35. The quantitative estimate of drug-likeness (QED) is 0.151. The van der Waals surface area contributed by atoms with Crippen LogP contribution in [-0.2, 0) is 0 Å². The molecular weight excluding hydrogens is 879 g/mol. The van der Waals surface area contributed by atoms with E-state index in [1.165, 1.54) is 86.2 Å². The molecule has 0 spiro atoms. The van der Waals surface area contributed by atoms with Gasteiger partial charge in [-0.05, 0) is 126 Å². The predicted octanol–water partition coefficient (Wildman–Crippen LogP) is 20.1. The summed E-state index contributed by atoms with van der Waals surface area (Å²) in [5.41, 5.74) is 17.0. The van der Waals surface area contributed by atoms with Crippen molar-refractivity contribution in [3.63, 3.8) is 0 Å². The first-order valence-electron chi connectivity index (χ1n) is 24.2. The molecule has 0 aliphatic rings. The van der Waals surface area contributed by atoms with Gasteiger partial charge >= 0.3 is 0 Å². The van der Waals surface area contributed by atoms with Crippen LogP contribution in [0.25, 0.3) is 119 Å². The summed E-state index contributed by atoms with van der Waals surface area (Å²) in [5, 5.41) is 9.77. The summed E-state index contributed by atoms with van der Waals surface area (Å²) >= 11 is 1.88. The molecule has 0 unspecified atom stereocenters. The molecule has 2 nitrogen and oxygen atoms in total. The van der Waals surface area contributed by atoms with Crippen LogP contribution in [0.4, 0.5) is 17.1 Å². The fourth-order valence-corrected chi connectivity index (χ4v) is 12.3. The van der Waals surface area contributed by atoms with Gasteiger partial charge in [0.05, 0.1) is 5.69 Å². The Labute approximate surface area is 415 Å².